The number of amides is 2. The second-order valence-electron chi connectivity index (χ2n) is 6.32. The van der Waals surface area contributed by atoms with Crippen LogP contribution in [0.4, 0.5) is 5.69 Å². The van der Waals surface area contributed by atoms with E-state index in [-0.39, 0.29) is 11.8 Å². The van der Waals surface area contributed by atoms with Crippen molar-refractivity contribution < 1.29 is 14.0 Å². The topological polar surface area (TPSA) is 79.6 Å². The van der Waals surface area contributed by atoms with E-state index in [1.165, 1.54) is 22.7 Å². The number of fused-ring (bicyclic) bond motifs is 1. The average molecular weight is 422 g/mol. The number of thiocarbonyl (C=S) groups is 1. The molecule has 8 heteroatoms. The summed E-state index contributed by atoms with van der Waals surface area (Å²) in [5.41, 5.74) is 1.90. The summed E-state index contributed by atoms with van der Waals surface area (Å²) in [5, 5.41) is 3.53. The highest BCUT2D eigenvalue weighted by Crippen LogP contribution is 2.31. The number of anilines is 1. The lowest BCUT2D eigenvalue weighted by Crippen LogP contribution is -2.22. The zero-order valence-corrected chi connectivity index (χ0v) is 16.8. The number of hydrogen-bond acceptors (Lipinski definition) is 6. The number of hydrogen-bond donors (Lipinski definition) is 1. The number of carbonyl (C=O) groups is 2. The Kier molecular flexibility index (Phi) is 5.04. The molecule has 1 saturated heterocycles. The van der Waals surface area contributed by atoms with Gasteiger partial charge in [-0.15, -0.1) is 0 Å². The predicted octanol–water partition coefficient (Wildman–Crippen LogP) is 3.88. The summed E-state index contributed by atoms with van der Waals surface area (Å²) in [4.78, 5) is 37.8. The van der Waals surface area contributed by atoms with Crippen LogP contribution in [-0.2, 0) is 4.79 Å². The Bertz CT molecular complexity index is 1250. The van der Waals surface area contributed by atoms with Gasteiger partial charge in [-0.3, -0.25) is 14.5 Å². The van der Waals surface area contributed by atoms with Crippen molar-refractivity contribution in [2.45, 2.75) is 0 Å². The maximum Gasteiger partial charge on any atom is 0.336 e. The smallest absolute Gasteiger partial charge is 0.336 e. The van der Waals surface area contributed by atoms with Crippen molar-refractivity contribution in [3.63, 3.8) is 0 Å². The molecule has 4 rings (SSSR count). The molecule has 2 heterocycles. The highest BCUT2D eigenvalue weighted by Gasteiger charge is 2.28. The molecule has 2 amide bonds. The Morgan fingerprint density at radius 3 is 2.55 bits per heavy atom. The molecule has 29 heavy (non-hydrogen) atoms. The maximum absolute atomic E-state index is 12.5. The van der Waals surface area contributed by atoms with Crippen LogP contribution in [0.2, 0.25) is 0 Å². The highest BCUT2D eigenvalue weighted by molar-refractivity contribution is 8.26. The van der Waals surface area contributed by atoms with Crippen molar-refractivity contribution >= 4 is 62.8 Å². The average Bonchev–Trinajstić information content (AvgIpc) is 2.95. The third-order valence-electron chi connectivity index (χ3n) is 4.33. The minimum Gasteiger partial charge on any atom is -0.423 e. The van der Waals surface area contributed by atoms with Gasteiger partial charge < -0.3 is 9.73 Å². The standard InChI is InChI=1S/C21H14N2O4S2/c1-23-20(26)17(29-21(23)28)10-12-2-4-13(5-3-12)19(25)22-15-7-8-16-14(11-15)6-9-18(24)27-16/h2-11H,1H3,(H,22,25). The van der Waals surface area contributed by atoms with Crippen molar-refractivity contribution in [3.05, 3.63) is 81.0 Å². The van der Waals surface area contributed by atoms with Gasteiger partial charge in [0, 0.05) is 29.8 Å². The van der Waals surface area contributed by atoms with Crippen LogP contribution in [0.5, 0.6) is 0 Å². The molecular formula is C21H14N2O4S2. The van der Waals surface area contributed by atoms with Crippen molar-refractivity contribution in [2.24, 2.45) is 0 Å². The van der Waals surface area contributed by atoms with Crippen LogP contribution in [0.3, 0.4) is 0 Å². The second kappa shape index (κ2) is 7.65. The van der Waals surface area contributed by atoms with Crippen LogP contribution in [0.15, 0.2) is 68.7 Å². The number of nitrogens with zero attached hydrogens (tertiary/aromatic N) is 1. The van der Waals surface area contributed by atoms with Gasteiger partial charge in [-0.2, -0.15) is 0 Å². The number of rotatable bonds is 3. The first-order chi connectivity index (χ1) is 13.9. The summed E-state index contributed by atoms with van der Waals surface area (Å²) in [5.74, 6) is -0.401. The SMILES string of the molecule is CN1C(=O)C(=Cc2ccc(C(=O)Nc3ccc4oc(=O)ccc4c3)cc2)SC1=S. The minimum absolute atomic E-state index is 0.131. The quantitative estimate of drug-likeness (QED) is 0.392. The maximum atomic E-state index is 12.5. The minimum atomic E-state index is -0.421. The van der Waals surface area contributed by atoms with Crippen LogP contribution in [0, 0.1) is 0 Å². The summed E-state index contributed by atoms with van der Waals surface area (Å²) in [6, 6.07) is 14.9. The zero-order valence-electron chi connectivity index (χ0n) is 15.2. The second-order valence-corrected chi connectivity index (χ2v) is 8.00. The third kappa shape index (κ3) is 3.98. The summed E-state index contributed by atoms with van der Waals surface area (Å²) in [6.07, 6.45) is 1.75. The number of nitrogens with one attached hydrogen (secondary N) is 1. The van der Waals surface area contributed by atoms with Crippen molar-refractivity contribution in [1.82, 2.24) is 4.90 Å². The molecule has 1 aliphatic heterocycles. The van der Waals surface area contributed by atoms with Crippen molar-refractivity contribution in [2.75, 3.05) is 12.4 Å². The molecule has 3 aromatic rings. The van der Waals surface area contributed by atoms with Gasteiger partial charge in [0.25, 0.3) is 11.8 Å². The lowest BCUT2D eigenvalue weighted by molar-refractivity contribution is -0.121. The molecule has 6 nitrogen and oxygen atoms in total. The number of benzene rings is 2. The Hall–Kier alpha value is -3.23. The lowest BCUT2D eigenvalue weighted by atomic mass is 10.1. The molecule has 0 saturated carbocycles. The van der Waals surface area contributed by atoms with E-state index in [2.05, 4.69) is 5.32 Å². The molecule has 1 fully saturated rings. The Labute approximate surface area is 175 Å². The molecule has 144 valence electrons. The number of carbonyl (C=O) groups excluding carboxylic acids is 2. The molecule has 1 aromatic heterocycles. The molecule has 1 aliphatic rings. The summed E-state index contributed by atoms with van der Waals surface area (Å²) in [7, 11) is 1.65. The fourth-order valence-corrected chi connectivity index (χ4v) is 3.96. The molecule has 0 atom stereocenters. The van der Waals surface area contributed by atoms with Gasteiger partial charge in [0.2, 0.25) is 0 Å². The molecule has 0 bridgehead atoms. The number of likely N-dealkylation sites (N-methyl/N-ethyl adjacent to an activating group) is 1. The van der Waals surface area contributed by atoms with Gasteiger partial charge >= 0.3 is 5.63 Å². The summed E-state index contributed by atoms with van der Waals surface area (Å²) in [6.45, 7) is 0. The van der Waals surface area contributed by atoms with E-state index in [0.29, 0.717) is 31.4 Å². The van der Waals surface area contributed by atoms with Gasteiger partial charge in [0.15, 0.2) is 0 Å². The van der Waals surface area contributed by atoms with Gasteiger partial charge in [-0.25, -0.2) is 4.79 Å². The first-order valence-electron chi connectivity index (χ1n) is 8.57. The van der Waals surface area contributed by atoms with Crippen molar-refractivity contribution in [3.8, 4) is 0 Å². The van der Waals surface area contributed by atoms with E-state index in [1.807, 2.05) is 0 Å². The van der Waals surface area contributed by atoms with E-state index in [0.717, 1.165) is 5.56 Å². The van der Waals surface area contributed by atoms with Gasteiger partial charge in [0.1, 0.15) is 9.90 Å². The predicted molar refractivity (Wildman–Crippen MR) is 118 cm³/mol. The summed E-state index contributed by atoms with van der Waals surface area (Å²) < 4.78 is 5.60. The monoisotopic (exact) mass is 422 g/mol. The Morgan fingerprint density at radius 2 is 1.86 bits per heavy atom. The fourth-order valence-electron chi connectivity index (χ4n) is 2.78. The van der Waals surface area contributed by atoms with Crippen LogP contribution in [-0.4, -0.2) is 28.1 Å². The molecule has 0 radical (unpaired) electrons. The Morgan fingerprint density at radius 1 is 1.10 bits per heavy atom. The first-order valence-corrected chi connectivity index (χ1v) is 9.80. The van der Waals surface area contributed by atoms with Crippen LogP contribution in [0.1, 0.15) is 15.9 Å². The van der Waals surface area contributed by atoms with Crippen LogP contribution < -0.4 is 10.9 Å². The zero-order chi connectivity index (χ0) is 20.5. The molecule has 2 aromatic carbocycles. The lowest BCUT2D eigenvalue weighted by Gasteiger charge is -2.07. The molecule has 0 unspecified atom stereocenters. The van der Waals surface area contributed by atoms with E-state index in [1.54, 1.807) is 61.7 Å². The van der Waals surface area contributed by atoms with E-state index < -0.39 is 5.63 Å². The van der Waals surface area contributed by atoms with E-state index in [9.17, 15) is 14.4 Å². The fraction of sp³-hybridized carbons (Fsp3) is 0.0476. The number of thioether (sulfide) groups is 1. The van der Waals surface area contributed by atoms with Crippen molar-refractivity contribution in [1.29, 1.82) is 0 Å². The third-order valence-corrected chi connectivity index (χ3v) is 5.82. The largest absolute Gasteiger partial charge is 0.423 e. The van der Waals surface area contributed by atoms with Gasteiger partial charge in [0.05, 0.1) is 4.91 Å². The first kappa shape index (κ1) is 19.1. The van der Waals surface area contributed by atoms with Gasteiger partial charge in [-0.05, 0) is 48.0 Å². The van der Waals surface area contributed by atoms with Crippen LogP contribution in [0.25, 0.3) is 17.0 Å². The van der Waals surface area contributed by atoms with Gasteiger partial charge in [-0.1, -0.05) is 36.1 Å². The Balaban J connectivity index is 1.50. The molecule has 0 spiro atoms. The highest BCUT2D eigenvalue weighted by atomic mass is 32.2. The normalized spacial score (nSPS) is 15.3. The molecule has 1 N–H and O–H groups in total. The van der Waals surface area contributed by atoms with E-state index in [4.69, 9.17) is 16.6 Å². The van der Waals surface area contributed by atoms with E-state index >= 15 is 0 Å². The summed E-state index contributed by atoms with van der Waals surface area (Å²) >= 11 is 6.37. The molecular weight excluding hydrogens is 408 g/mol. The molecule has 0 aliphatic carbocycles. The van der Waals surface area contributed by atoms with Crippen LogP contribution >= 0.6 is 24.0 Å².